The molecule has 0 bridgehead atoms. The van der Waals surface area contributed by atoms with Crippen LogP contribution in [0.5, 0.6) is 11.5 Å². The fourth-order valence-electron chi connectivity index (χ4n) is 4.48. The van der Waals surface area contributed by atoms with E-state index in [0.29, 0.717) is 28.0 Å². The molecule has 9 nitrogen and oxygen atoms in total. The highest BCUT2D eigenvalue weighted by Gasteiger charge is 2.40. The van der Waals surface area contributed by atoms with Crippen molar-refractivity contribution in [2.45, 2.75) is 32.6 Å². The first-order valence-corrected chi connectivity index (χ1v) is 13.8. The van der Waals surface area contributed by atoms with Gasteiger partial charge in [0, 0.05) is 0 Å². The van der Waals surface area contributed by atoms with E-state index in [0.717, 1.165) is 23.3 Å². The van der Waals surface area contributed by atoms with Gasteiger partial charge in [0.25, 0.3) is 5.56 Å². The molecule has 1 atom stereocenters. The number of hydrogen-bond donors (Lipinski definition) is 1. The molecule has 1 unspecified atom stereocenters. The Morgan fingerprint density at radius 2 is 1.65 bits per heavy atom. The van der Waals surface area contributed by atoms with E-state index >= 15 is 0 Å². The average Bonchev–Trinajstić information content (AvgIpc) is 3.28. The number of ether oxygens (including phenoxy) is 4. The van der Waals surface area contributed by atoms with Crippen molar-refractivity contribution in [1.29, 1.82) is 0 Å². The van der Waals surface area contributed by atoms with Crippen LogP contribution in [-0.2, 0) is 19.1 Å². The molecule has 0 fully saturated rings. The lowest BCUT2D eigenvalue weighted by Crippen LogP contribution is -2.42. The molecule has 0 amide bonds. The second-order valence-electron chi connectivity index (χ2n) is 8.97. The molecular weight excluding hydrogens is 532 g/mol. The van der Waals surface area contributed by atoms with Crippen molar-refractivity contribution in [3.05, 3.63) is 84.8 Å². The molecule has 2 aromatic carbocycles. The maximum absolute atomic E-state index is 13.7. The van der Waals surface area contributed by atoms with Crippen LogP contribution in [0.25, 0.3) is 17.5 Å². The smallest absolute Gasteiger partial charge is 0.338 e. The molecule has 4 rings (SSSR count). The van der Waals surface area contributed by atoms with Crippen LogP contribution in [0.1, 0.15) is 43.7 Å². The maximum Gasteiger partial charge on any atom is 0.338 e. The number of thiazole rings is 1. The summed E-state index contributed by atoms with van der Waals surface area (Å²) in [5.74, 6) is -1.26. The Hall–Kier alpha value is -4.31. The summed E-state index contributed by atoms with van der Waals surface area (Å²) in [6.45, 7) is 3.94. The van der Waals surface area contributed by atoms with Gasteiger partial charge in [-0.3, -0.25) is 9.36 Å². The van der Waals surface area contributed by atoms with Crippen molar-refractivity contribution in [3.63, 3.8) is 0 Å². The second-order valence-corrected chi connectivity index (χ2v) is 10.00. The second kappa shape index (κ2) is 12.7. The molecule has 10 heteroatoms. The van der Waals surface area contributed by atoms with Gasteiger partial charge in [0.2, 0.25) is 0 Å². The van der Waals surface area contributed by atoms with E-state index in [4.69, 9.17) is 24.7 Å². The molecule has 0 aliphatic carbocycles. The topological polar surface area (TPSA) is 119 Å². The first-order chi connectivity index (χ1) is 19.3. The predicted octanol–water partition coefficient (Wildman–Crippen LogP) is 2.74. The van der Waals surface area contributed by atoms with Crippen molar-refractivity contribution in [2.75, 3.05) is 27.4 Å². The Kier molecular flexibility index (Phi) is 9.11. The molecule has 0 saturated carbocycles. The summed E-state index contributed by atoms with van der Waals surface area (Å²) in [5, 5.41) is 0. The van der Waals surface area contributed by atoms with Crippen LogP contribution in [0.2, 0.25) is 0 Å². The number of esters is 2. The lowest BCUT2D eigenvalue weighted by atomic mass is 9.83. The summed E-state index contributed by atoms with van der Waals surface area (Å²) in [5.41, 5.74) is 7.54. The lowest BCUT2D eigenvalue weighted by Gasteiger charge is -2.27. The predicted molar refractivity (Wildman–Crippen MR) is 153 cm³/mol. The Morgan fingerprint density at radius 1 is 0.975 bits per heavy atom. The number of carbonyl (C=O) groups excluding carboxylic acids is 2. The minimum absolute atomic E-state index is 0.00672. The van der Waals surface area contributed by atoms with Gasteiger partial charge in [0.05, 0.1) is 49.0 Å². The van der Waals surface area contributed by atoms with Gasteiger partial charge < -0.3 is 24.7 Å². The van der Waals surface area contributed by atoms with Crippen LogP contribution < -0.4 is 30.0 Å². The third-order valence-electron chi connectivity index (χ3n) is 6.41. The van der Waals surface area contributed by atoms with E-state index in [1.807, 2.05) is 19.1 Å². The fourth-order valence-corrected chi connectivity index (χ4v) is 5.64. The minimum atomic E-state index is -0.953. The monoisotopic (exact) mass is 564 g/mol. The summed E-state index contributed by atoms with van der Waals surface area (Å²) >= 11 is 1.10. The molecule has 2 N–H and O–H groups in total. The summed E-state index contributed by atoms with van der Waals surface area (Å²) in [6.07, 6.45) is 3.16. The molecule has 1 aromatic heterocycles. The standard InChI is InChI=1S/C30H32N2O7S/c1-5-7-14-39-29(34)24-23(19-11-9-13-21(17-19)37-4)25(30(35)38-6-2)28-32(26(24)31)27(33)22(40-28)16-18-10-8-12-20(15-18)36-3/h8-13,15-17,23H,5-7,14,31H2,1-4H3. The first-order valence-electron chi connectivity index (χ1n) is 12.9. The molecule has 1 aliphatic heterocycles. The van der Waals surface area contributed by atoms with E-state index in [2.05, 4.69) is 0 Å². The van der Waals surface area contributed by atoms with Crippen molar-refractivity contribution in [2.24, 2.45) is 5.73 Å². The van der Waals surface area contributed by atoms with Gasteiger partial charge in [0.15, 0.2) is 0 Å². The highest BCUT2D eigenvalue weighted by atomic mass is 32.1. The number of rotatable bonds is 10. The number of methoxy groups -OCH3 is 2. The normalized spacial score (nSPS) is 15.1. The number of nitrogens with two attached hydrogens (primary N) is 1. The van der Waals surface area contributed by atoms with Crippen molar-refractivity contribution >= 4 is 40.7 Å². The molecular formula is C30H32N2O7S. The van der Waals surface area contributed by atoms with Gasteiger partial charge in [-0.2, -0.15) is 0 Å². The number of aromatic nitrogens is 1. The van der Waals surface area contributed by atoms with Gasteiger partial charge in [-0.15, -0.1) is 11.3 Å². The number of nitrogens with zero attached hydrogens (tertiary/aromatic N) is 1. The molecule has 40 heavy (non-hydrogen) atoms. The van der Waals surface area contributed by atoms with Gasteiger partial charge in [-0.05, 0) is 54.8 Å². The van der Waals surface area contributed by atoms with Crippen LogP contribution in [0.4, 0.5) is 0 Å². The lowest BCUT2D eigenvalue weighted by molar-refractivity contribution is -0.139. The number of fused-ring (bicyclic) bond motifs is 1. The number of benzene rings is 2. The Bertz CT molecular complexity index is 1630. The Balaban J connectivity index is 2.06. The molecule has 210 valence electrons. The summed E-state index contributed by atoms with van der Waals surface area (Å²) < 4.78 is 23.5. The van der Waals surface area contributed by atoms with Crippen LogP contribution >= 0.6 is 11.3 Å². The quantitative estimate of drug-likeness (QED) is 0.295. The molecule has 0 radical (unpaired) electrons. The summed E-state index contributed by atoms with van der Waals surface area (Å²) in [6, 6.07) is 14.2. The zero-order chi connectivity index (χ0) is 28.8. The highest BCUT2D eigenvalue weighted by molar-refractivity contribution is 7.07. The average molecular weight is 565 g/mol. The summed E-state index contributed by atoms with van der Waals surface area (Å²) in [7, 11) is 3.08. The minimum Gasteiger partial charge on any atom is -0.497 e. The number of hydrogen-bond acceptors (Lipinski definition) is 9. The van der Waals surface area contributed by atoms with Gasteiger partial charge in [-0.25, -0.2) is 9.59 Å². The van der Waals surface area contributed by atoms with E-state index in [-0.39, 0.29) is 34.8 Å². The van der Waals surface area contributed by atoms with Crippen LogP contribution in [0.15, 0.2) is 58.9 Å². The van der Waals surface area contributed by atoms with Crippen molar-refractivity contribution < 1.29 is 28.5 Å². The third-order valence-corrected chi connectivity index (χ3v) is 7.52. The zero-order valence-electron chi connectivity index (χ0n) is 22.9. The van der Waals surface area contributed by atoms with E-state index < -0.39 is 23.4 Å². The Labute approximate surface area is 235 Å². The summed E-state index contributed by atoms with van der Waals surface area (Å²) in [4.78, 5) is 40.8. The molecule has 1 aliphatic rings. The SMILES string of the molecule is CCCCOC(=O)C1=C(N)n2c(sc(=Cc3cccc(OC)c3)c2=O)=C(C(=O)OCC)C1c1cccc(OC)c1. The molecule has 0 saturated heterocycles. The first kappa shape index (κ1) is 28.7. The number of unbranched alkanes of at least 4 members (excludes halogenated alkanes) is 1. The van der Waals surface area contributed by atoms with Gasteiger partial charge >= 0.3 is 11.9 Å². The van der Waals surface area contributed by atoms with Gasteiger partial charge in [-0.1, -0.05) is 37.6 Å². The van der Waals surface area contributed by atoms with E-state index in [1.54, 1.807) is 56.5 Å². The van der Waals surface area contributed by atoms with Crippen LogP contribution in [0, 0.1) is 0 Å². The van der Waals surface area contributed by atoms with Gasteiger partial charge in [0.1, 0.15) is 22.0 Å². The fraction of sp³-hybridized carbons (Fsp3) is 0.300. The maximum atomic E-state index is 13.7. The Morgan fingerprint density at radius 3 is 2.33 bits per heavy atom. The molecule has 3 aromatic rings. The van der Waals surface area contributed by atoms with Crippen LogP contribution in [0.3, 0.4) is 0 Å². The largest absolute Gasteiger partial charge is 0.497 e. The molecule has 2 heterocycles. The van der Waals surface area contributed by atoms with Crippen LogP contribution in [-0.4, -0.2) is 43.9 Å². The van der Waals surface area contributed by atoms with E-state index in [9.17, 15) is 14.4 Å². The van der Waals surface area contributed by atoms with Crippen molar-refractivity contribution in [1.82, 2.24) is 4.57 Å². The molecule has 0 spiro atoms. The number of carbonyl (C=O) groups is 2. The highest BCUT2D eigenvalue weighted by Crippen LogP contribution is 2.38. The zero-order valence-corrected chi connectivity index (χ0v) is 23.7. The van der Waals surface area contributed by atoms with E-state index in [1.165, 1.54) is 11.7 Å². The van der Waals surface area contributed by atoms with Crippen molar-refractivity contribution in [3.8, 4) is 11.5 Å². The third kappa shape index (κ3) is 5.67.